The van der Waals surface area contributed by atoms with E-state index in [0.717, 1.165) is 30.7 Å². The van der Waals surface area contributed by atoms with Crippen LogP contribution in [0.25, 0.3) is 5.57 Å². The Bertz CT molecular complexity index is 862. The van der Waals surface area contributed by atoms with E-state index < -0.39 is 5.60 Å². The molecular formula is C28H45N3O2. The summed E-state index contributed by atoms with van der Waals surface area (Å²) in [6.45, 7) is 21.3. The SMILES string of the molecule is CC(C)(C)OC(=O)N1CCC(c2cncc(C3=CC(C(C)(C)C)CC(C(C)(C)C)C3)n2)CC1. The van der Waals surface area contributed by atoms with Crippen molar-refractivity contribution in [2.75, 3.05) is 13.1 Å². The number of carbonyl (C=O) groups is 1. The number of rotatable bonds is 2. The molecule has 33 heavy (non-hydrogen) atoms. The van der Waals surface area contributed by atoms with E-state index in [2.05, 4.69) is 52.6 Å². The van der Waals surface area contributed by atoms with Gasteiger partial charge in [-0.2, -0.15) is 0 Å². The van der Waals surface area contributed by atoms with Gasteiger partial charge in [0.1, 0.15) is 5.60 Å². The van der Waals surface area contributed by atoms with Crippen LogP contribution < -0.4 is 0 Å². The zero-order valence-corrected chi connectivity index (χ0v) is 22.4. The molecule has 0 spiro atoms. The molecule has 2 heterocycles. The number of piperidine rings is 1. The molecule has 2 atom stereocenters. The van der Waals surface area contributed by atoms with Crippen molar-refractivity contribution in [1.29, 1.82) is 0 Å². The van der Waals surface area contributed by atoms with Crippen LogP contribution in [-0.2, 0) is 4.74 Å². The third-order valence-electron chi connectivity index (χ3n) is 7.29. The van der Waals surface area contributed by atoms with E-state index in [-0.39, 0.29) is 16.9 Å². The zero-order valence-electron chi connectivity index (χ0n) is 22.4. The van der Waals surface area contributed by atoms with Gasteiger partial charge in [-0.15, -0.1) is 0 Å². The second-order valence-electron chi connectivity index (χ2n) is 13.2. The van der Waals surface area contributed by atoms with Gasteiger partial charge in [-0.3, -0.25) is 4.98 Å². The van der Waals surface area contributed by atoms with Crippen molar-refractivity contribution in [1.82, 2.24) is 14.9 Å². The van der Waals surface area contributed by atoms with Gasteiger partial charge in [0.05, 0.1) is 17.6 Å². The van der Waals surface area contributed by atoms with Crippen LogP contribution in [0, 0.1) is 22.7 Å². The van der Waals surface area contributed by atoms with Crippen LogP contribution in [0.15, 0.2) is 18.5 Å². The molecular weight excluding hydrogens is 410 g/mol. The number of carbonyl (C=O) groups excluding carboxylic acids is 1. The summed E-state index contributed by atoms with van der Waals surface area (Å²) in [6, 6.07) is 0. The first-order chi connectivity index (χ1) is 15.1. The molecule has 5 nitrogen and oxygen atoms in total. The van der Waals surface area contributed by atoms with Gasteiger partial charge in [0.15, 0.2) is 0 Å². The van der Waals surface area contributed by atoms with Crippen molar-refractivity contribution < 1.29 is 9.53 Å². The molecule has 0 saturated carbocycles. The second-order valence-corrected chi connectivity index (χ2v) is 13.2. The highest BCUT2D eigenvalue weighted by atomic mass is 16.6. The topological polar surface area (TPSA) is 55.3 Å². The number of amides is 1. The smallest absolute Gasteiger partial charge is 0.410 e. The monoisotopic (exact) mass is 455 g/mol. The van der Waals surface area contributed by atoms with Crippen LogP contribution >= 0.6 is 0 Å². The number of ether oxygens (including phenoxy) is 1. The van der Waals surface area contributed by atoms with E-state index in [9.17, 15) is 4.79 Å². The largest absolute Gasteiger partial charge is 0.444 e. The molecule has 1 saturated heterocycles. The maximum atomic E-state index is 12.4. The van der Waals surface area contributed by atoms with Crippen LogP contribution in [0.4, 0.5) is 4.79 Å². The quantitative estimate of drug-likeness (QED) is 0.477. The van der Waals surface area contributed by atoms with Gasteiger partial charge in [-0.25, -0.2) is 9.78 Å². The normalized spacial score (nSPS) is 23.3. The summed E-state index contributed by atoms with van der Waals surface area (Å²) in [5.74, 6) is 1.49. The number of hydrogen-bond donors (Lipinski definition) is 0. The molecule has 1 aromatic heterocycles. The van der Waals surface area contributed by atoms with E-state index in [1.807, 2.05) is 38.1 Å². The maximum Gasteiger partial charge on any atom is 0.410 e. The molecule has 5 heteroatoms. The Labute approximate surface area is 201 Å². The zero-order chi connectivity index (χ0) is 24.6. The van der Waals surface area contributed by atoms with Crippen LogP contribution in [0.2, 0.25) is 0 Å². The first-order valence-corrected chi connectivity index (χ1v) is 12.6. The minimum atomic E-state index is -0.461. The standard InChI is InChI=1S/C28H45N3O2/c1-26(2,3)21-14-20(15-22(16-21)27(4,5)6)24-18-29-17-23(30-24)19-10-12-31(13-11-19)25(32)33-28(7,8)9/h14,17-19,21-22H,10-13,15-16H2,1-9H3. The molecule has 1 fully saturated rings. The predicted octanol–water partition coefficient (Wildman–Crippen LogP) is 7.09. The fraction of sp³-hybridized carbons (Fsp3) is 0.750. The van der Waals surface area contributed by atoms with E-state index in [4.69, 9.17) is 9.72 Å². The van der Waals surface area contributed by atoms with Gasteiger partial charge in [0.25, 0.3) is 0 Å². The fourth-order valence-electron chi connectivity index (χ4n) is 4.90. The van der Waals surface area contributed by atoms with Crippen molar-refractivity contribution in [3.05, 3.63) is 29.9 Å². The van der Waals surface area contributed by atoms with Crippen molar-refractivity contribution in [2.24, 2.45) is 22.7 Å². The molecule has 2 unspecified atom stereocenters. The minimum absolute atomic E-state index is 0.213. The Morgan fingerprint density at radius 1 is 0.970 bits per heavy atom. The molecule has 0 aromatic carbocycles. The Morgan fingerprint density at radius 3 is 2.15 bits per heavy atom. The average Bonchev–Trinajstić information content (AvgIpc) is 2.71. The predicted molar refractivity (Wildman–Crippen MR) is 135 cm³/mol. The summed E-state index contributed by atoms with van der Waals surface area (Å²) < 4.78 is 5.54. The summed E-state index contributed by atoms with van der Waals surface area (Å²) in [6.07, 6.45) is 10.2. The van der Waals surface area contributed by atoms with Gasteiger partial charge < -0.3 is 9.64 Å². The number of hydrogen-bond acceptors (Lipinski definition) is 4. The molecule has 0 N–H and O–H groups in total. The number of likely N-dealkylation sites (tertiary alicyclic amines) is 1. The van der Waals surface area contributed by atoms with Crippen molar-refractivity contribution >= 4 is 11.7 Å². The molecule has 1 aliphatic carbocycles. The first kappa shape index (κ1) is 25.7. The van der Waals surface area contributed by atoms with Gasteiger partial charge in [-0.05, 0) is 74.7 Å². The number of aromatic nitrogens is 2. The Kier molecular flexibility index (Phi) is 7.31. The second kappa shape index (κ2) is 9.38. The summed E-state index contributed by atoms with van der Waals surface area (Å²) in [4.78, 5) is 24.0. The summed E-state index contributed by atoms with van der Waals surface area (Å²) >= 11 is 0. The third-order valence-corrected chi connectivity index (χ3v) is 7.29. The van der Waals surface area contributed by atoms with Crippen LogP contribution in [0.5, 0.6) is 0 Å². The number of allylic oxidation sites excluding steroid dienone is 2. The lowest BCUT2D eigenvalue weighted by molar-refractivity contribution is 0.0204. The molecule has 2 aliphatic rings. The Hall–Kier alpha value is -1.91. The Balaban J connectivity index is 1.75. The van der Waals surface area contributed by atoms with Crippen LogP contribution in [0.3, 0.4) is 0 Å². The molecule has 0 radical (unpaired) electrons. The van der Waals surface area contributed by atoms with Crippen LogP contribution in [-0.4, -0.2) is 39.7 Å². The maximum absolute atomic E-state index is 12.4. The first-order valence-electron chi connectivity index (χ1n) is 12.6. The van der Waals surface area contributed by atoms with Crippen molar-refractivity contribution in [2.45, 2.75) is 99.5 Å². The summed E-state index contributed by atoms with van der Waals surface area (Å²) in [5.41, 5.74) is 3.48. The van der Waals surface area contributed by atoms with Crippen molar-refractivity contribution in [3.8, 4) is 0 Å². The van der Waals surface area contributed by atoms with Gasteiger partial charge >= 0.3 is 6.09 Å². The van der Waals surface area contributed by atoms with Gasteiger partial charge in [0.2, 0.25) is 0 Å². The lowest BCUT2D eigenvalue weighted by Gasteiger charge is -2.41. The van der Waals surface area contributed by atoms with E-state index >= 15 is 0 Å². The van der Waals surface area contributed by atoms with Gasteiger partial charge in [0, 0.05) is 25.2 Å². The molecule has 1 aliphatic heterocycles. The highest BCUT2D eigenvalue weighted by molar-refractivity contribution is 5.68. The molecule has 1 amide bonds. The minimum Gasteiger partial charge on any atom is -0.444 e. The van der Waals surface area contributed by atoms with E-state index in [1.165, 1.54) is 12.0 Å². The highest BCUT2D eigenvalue weighted by Gasteiger charge is 2.36. The van der Waals surface area contributed by atoms with Crippen LogP contribution in [0.1, 0.15) is 105 Å². The fourth-order valence-corrected chi connectivity index (χ4v) is 4.90. The Morgan fingerprint density at radius 2 is 1.61 bits per heavy atom. The van der Waals surface area contributed by atoms with E-state index in [0.29, 0.717) is 30.8 Å². The molecule has 1 aromatic rings. The lowest BCUT2D eigenvalue weighted by atomic mass is 9.64. The third kappa shape index (κ3) is 6.80. The van der Waals surface area contributed by atoms with E-state index in [1.54, 1.807) is 0 Å². The summed E-state index contributed by atoms with van der Waals surface area (Å²) in [7, 11) is 0. The molecule has 0 bridgehead atoms. The molecule has 3 rings (SSSR count). The number of nitrogens with zero attached hydrogens (tertiary/aromatic N) is 3. The summed E-state index contributed by atoms with van der Waals surface area (Å²) in [5, 5.41) is 0. The lowest BCUT2D eigenvalue weighted by Crippen LogP contribution is -2.41. The highest BCUT2D eigenvalue weighted by Crippen LogP contribution is 2.47. The molecule has 184 valence electrons. The van der Waals surface area contributed by atoms with Gasteiger partial charge in [-0.1, -0.05) is 47.6 Å². The van der Waals surface area contributed by atoms with Crippen molar-refractivity contribution in [3.63, 3.8) is 0 Å². The average molecular weight is 456 g/mol.